The van der Waals surface area contributed by atoms with E-state index in [1.54, 1.807) is 21.1 Å². The van der Waals surface area contributed by atoms with Crippen LogP contribution in [0.15, 0.2) is 110 Å². The maximum absolute atomic E-state index is 13.3. The van der Waals surface area contributed by atoms with Gasteiger partial charge in [-0.05, 0) is 66.6 Å². The van der Waals surface area contributed by atoms with Crippen molar-refractivity contribution in [1.82, 2.24) is 19.1 Å². The van der Waals surface area contributed by atoms with Crippen molar-refractivity contribution < 1.29 is 51.8 Å². The number of carbonyl (C=O) groups is 2. The summed E-state index contributed by atoms with van der Waals surface area (Å²) in [5, 5.41) is 0. The van der Waals surface area contributed by atoms with E-state index in [4.69, 9.17) is 54.0 Å². The van der Waals surface area contributed by atoms with Gasteiger partial charge in [0.05, 0.1) is 40.6 Å². The zero-order valence-electron chi connectivity index (χ0n) is 37.5. The SMILES string of the molecule is COC(=O)CP(=S)(OC[C@H]1O[C@@H](n2cc(C)c(=O)[nH]c2=O)C[C@@H]1OC(C)=O)O[C@H]1C[C@H](n2cc(C)c(=O)[nH]c2=O)O[C@@H]1COC(c1ccccc1)(c1ccc(OC)cc1)c1ccc(OC)cc1. The van der Waals surface area contributed by atoms with Gasteiger partial charge in [0.25, 0.3) is 11.1 Å². The molecule has 1 unspecified atom stereocenters. The Kier molecular flexibility index (Phi) is 15.3. The Bertz CT molecular complexity index is 2800. The van der Waals surface area contributed by atoms with Gasteiger partial charge in [-0.25, -0.2) is 9.59 Å². The third-order valence-corrected chi connectivity index (χ3v) is 14.3. The lowest BCUT2D eigenvalue weighted by atomic mass is 9.80. The number of ether oxygens (including phenoxy) is 7. The van der Waals surface area contributed by atoms with Crippen molar-refractivity contribution in [2.24, 2.45) is 0 Å². The summed E-state index contributed by atoms with van der Waals surface area (Å²) >= 11 is 6.10. The highest BCUT2D eigenvalue weighted by Crippen LogP contribution is 2.53. The number of aromatic nitrogens is 4. The van der Waals surface area contributed by atoms with Gasteiger partial charge < -0.3 is 42.2 Å². The molecule has 3 aromatic carbocycles. The molecule has 2 aliphatic rings. The second-order valence-electron chi connectivity index (χ2n) is 15.9. The molecular formula is C46H51N4O15PS. The van der Waals surface area contributed by atoms with Crippen LogP contribution in [-0.2, 0) is 59.7 Å². The van der Waals surface area contributed by atoms with E-state index >= 15 is 0 Å². The first-order valence-electron chi connectivity index (χ1n) is 21.2. The van der Waals surface area contributed by atoms with E-state index in [0.717, 1.165) is 16.7 Å². The fourth-order valence-corrected chi connectivity index (χ4v) is 10.6. The molecule has 2 aromatic heterocycles. The van der Waals surface area contributed by atoms with Crippen LogP contribution in [0.3, 0.4) is 0 Å². The van der Waals surface area contributed by atoms with Gasteiger partial charge in [-0.1, -0.05) is 54.6 Å². The number of aryl methyl sites for hydroxylation is 2. The number of rotatable bonds is 18. The van der Waals surface area contributed by atoms with E-state index in [1.807, 2.05) is 78.9 Å². The normalized spacial score (nSPS) is 21.3. The van der Waals surface area contributed by atoms with Crippen LogP contribution in [0.25, 0.3) is 0 Å². The molecule has 0 radical (unpaired) electrons. The van der Waals surface area contributed by atoms with E-state index in [0.29, 0.717) is 11.5 Å². The second kappa shape index (κ2) is 20.9. The number of hydrogen-bond donors (Lipinski definition) is 2. The lowest BCUT2D eigenvalue weighted by molar-refractivity contribution is -0.150. The smallest absolute Gasteiger partial charge is 0.330 e. The molecule has 7 atom stereocenters. The van der Waals surface area contributed by atoms with E-state index in [2.05, 4.69) is 9.97 Å². The van der Waals surface area contributed by atoms with E-state index in [1.165, 1.54) is 42.5 Å². The van der Waals surface area contributed by atoms with Crippen LogP contribution in [-0.4, -0.2) is 96.2 Å². The van der Waals surface area contributed by atoms with Crippen LogP contribution in [0.5, 0.6) is 11.5 Å². The number of methoxy groups -OCH3 is 3. The zero-order valence-corrected chi connectivity index (χ0v) is 39.2. The van der Waals surface area contributed by atoms with Gasteiger partial charge in [0.1, 0.15) is 54.0 Å². The lowest BCUT2D eigenvalue weighted by Gasteiger charge is -2.37. The quantitative estimate of drug-likeness (QED) is 0.0716. The van der Waals surface area contributed by atoms with Crippen LogP contribution in [0.1, 0.15) is 60.0 Å². The largest absolute Gasteiger partial charge is 0.497 e. The van der Waals surface area contributed by atoms with Gasteiger partial charge in [0, 0.05) is 43.3 Å². The number of esters is 2. The van der Waals surface area contributed by atoms with Gasteiger partial charge in [0.15, 0.2) is 6.49 Å². The molecule has 0 spiro atoms. The van der Waals surface area contributed by atoms with Crippen LogP contribution in [0, 0.1) is 13.8 Å². The summed E-state index contributed by atoms with van der Waals surface area (Å²) in [5.74, 6) is -0.146. The average Bonchev–Trinajstić information content (AvgIpc) is 3.91. The molecule has 0 aliphatic carbocycles. The first kappa shape index (κ1) is 48.9. The molecule has 4 heterocycles. The minimum absolute atomic E-state index is 0.0101. The van der Waals surface area contributed by atoms with Crippen molar-refractivity contribution >= 4 is 30.2 Å². The number of hydrogen-bond acceptors (Lipinski definition) is 16. The average molecular weight is 963 g/mol. The minimum Gasteiger partial charge on any atom is -0.497 e. The summed E-state index contributed by atoms with van der Waals surface area (Å²) in [7, 11) is 4.33. The van der Waals surface area contributed by atoms with Crippen LogP contribution in [0.4, 0.5) is 0 Å². The summed E-state index contributed by atoms with van der Waals surface area (Å²) in [5.41, 5.74) is -1.22. The molecule has 0 saturated carbocycles. The highest BCUT2D eigenvalue weighted by molar-refractivity contribution is 8.10. The molecule has 19 nitrogen and oxygen atoms in total. The molecule has 21 heteroatoms. The fraction of sp³-hybridized carbons (Fsp3) is 0.391. The topological polar surface area (TPSA) is 227 Å². The number of aromatic amines is 2. The minimum atomic E-state index is -3.80. The van der Waals surface area contributed by atoms with E-state index in [-0.39, 0.29) is 37.2 Å². The maximum Gasteiger partial charge on any atom is 0.330 e. The highest BCUT2D eigenvalue weighted by Gasteiger charge is 2.46. The molecular weight excluding hydrogens is 912 g/mol. The Balaban J connectivity index is 1.25. The van der Waals surface area contributed by atoms with Crippen molar-refractivity contribution in [3.63, 3.8) is 0 Å². The predicted molar refractivity (Wildman–Crippen MR) is 245 cm³/mol. The van der Waals surface area contributed by atoms with Gasteiger partial charge in [-0.3, -0.25) is 38.3 Å². The van der Waals surface area contributed by atoms with Crippen molar-refractivity contribution in [3.8, 4) is 11.5 Å². The molecule has 7 rings (SSSR count). The Labute approximate surface area is 389 Å². The van der Waals surface area contributed by atoms with Gasteiger partial charge in [-0.2, -0.15) is 0 Å². The molecule has 2 fully saturated rings. The molecule has 2 N–H and O–H groups in total. The van der Waals surface area contributed by atoms with Gasteiger partial charge in [-0.15, -0.1) is 0 Å². The molecule has 2 aliphatic heterocycles. The van der Waals surface area contributed by atoms with Crippen molar-refractivity contribution in [1.29, 1.82) is 0 Å². The molecule has 356 valence electrons. The number of nitrogens with one attached hydrogen (secondary N) is 2. The van der Waals surface area contributed by atoms with Crippen LogP contribution in [0.2, 0.25) is 0 Å². The Morgan fingerprint density at radius 3 is 1.67 bits per heavy atom. The Morgan fingerprint density at radius 1 is 0.716 bits per heavy atom. The molecule has 0 bridgehead atoms. The molecule has 67 heavy (non-hydrogen) atoms. The first-order chi connectivity index (χ1) is 32.1. The number of benzene rings is 3. The molecule has 5 aromatic rings. The van der Waals surface area contributed by atoms with Crippen molar-refractivity contribution in [2.45, 2.75) is 76.1 Å². The third-order valence-electron chi connectivity index (χ3n) is 11.5. The summed E-state index contributed by atoms with van der Waals surface area (Å²) in [6.45, 7) is -0.0770. The summed E-state index contributed by atoms with van der Waals surface area (Å²) in [6.07, 6.45) is -3.82. The van der Waals surface area contributed by atoms with Gasteiger partial charge >= 0.3 is 23.3 Å². The van der Waals surface area contributed by atoms with Crippen molar-refractivity contribution in [2.75, 3.05) is 40.7 Å². The molecule has 2 saturated heterocycles. The van der Waals surface area contributed by atoms with Crippen molar-refractivity contribution in [3.05, 3.63) is 161 Å². The summed E-state index contributed by atoms with van der Waals surface area (Å²) < 4.78 is 57.2. The Hall–Kier alpha value is -5.99. The number of H-pyrrole nitrogens is 2. The van der Waals surface area contributed by atoms with Gasteiger partial charge in [0.2, 0.25) is 0 Å². The number of nitrogens with zero attached hydrogens (tertiary/aromatic N) is 2. The monoisotopic (exact) mass is 962 g/mol. The predicted octanol–water partition coefficient (Wildman–Crippen LogP) is 4.12. The maximum atomic E-state index is 13.3. The summed E-state index contributed by atoms with van der Waals surface area (Å²) in [6, 6.07) is 24.4. The standard InChI is InChI=1S/C46H51N4O15PS/c1-27-22-49(44(55)47-42(27)53)39-20-35(62-29(3)51)38(64-39)25-61-66(67,26-41(52)59-6)65-36-21-40(50-23-28(2)43(54)48-45(50)56)63-37(36)24-60-46(30-10-8-7-9-11-30,31-12-16-33(57-4)17-13-31)32-14-18-34(58-5)19-15-32/h7-19,22-23,35-40H,20-21,24-26H2,1-6H3,(H,47,53,55)(H,48,54,56)/t35-,36-,37+,38+,39+,40+,66?/m0/s1. The van der Waals surface area contributed by atoms with E-state index in [9.17, 15) is 28.8 Å². The number of carbonyl (C=O) groups excluding carboxylic acids is 2. The highest BCUT2D eigenvalue weighted by atomic mass is 32.5. The first-order valence-corrected chi connectivity index (χ1v) is 24.0. The fourth-order valence-electron chi connectivity index (χ4n) is 8.10. The zero-order chi connectivity index (χ0) is 48.0. The van der Waals surface area contributed by atoms with E-state index < -0.39 is 89.6 Å². The second-order valence-corrected chi connectivity index (χ2v) is 19.6. The van der Waals surface area contributed by atoms with Crippen LogP contribution >= 0.6 is 6.49 Å². The van der Waals surface area contributed by atoms with Crippen LogP contribution < -0.4 is 32.0 Å². The summed E-state index contributed by atoms with van der Waals surface area (Å²) in [4.78, 5) is 80.7. The molecule has 0 amide bonds. The Morgan fingerprint density at radius 2 is 1.19 bits per heavy atom. The third kappa shape index (κ3) is 10.9. The lowest BCUT2D eigenvalue weighted by Crippen LogP contribution is -2.39.